The summed E-state index contributed by atoms with van der Waals surface area (Å²) in [5, 5.41) is 2.72. The fraction of sp³-hybridized carbons (Fsp3) is 0.568. The molecule has 0 saturated carbocycles. The van der Waals surface area contributed by atoms with E-state index < -0.39 is 16.6 Å². The van der Waals surface area contributed by atoms with Crippen LogP contribution in [0.1, 0.15) is 74.7 Å². The molecule has 3 atom stereocenters. The maximum atomic E-state index is 7.33. The quantitative estimate of drug-likeness (QED) is 0.0693. The van der Waals surface area contributed by atoms with E-state index in [-0.39, 0.29) is 35.0 Å². The molecule has 0 aliphatic heterocycles. The summed E-state index contributed by atoms with van der Waals surface area (Å²) in [6.07, 6.45) is 7.29. The Morgan fingerprint density at radius 3 is 1.82 bits per heavy atom. The number of unbranched alkanes of at least 4 members (excludes halogenated alkanes) is 1. The highest BCUT2D eigenvalue weighted by atomic mass is 79.9. The lowest BCUT2D eigenvalue weighted by Gasteiger charge is -2.44. The van der Waals surface area contributed by atoms with Gasteiger partial charge in [0.15, 0.2) is 8.32 Å². The van der Waals surface area contributed by atoms with Crippen LogP contribution < -0.4 is 10.4 Å². The summed E-state index contributed by atoms with van der Waals surface area (Å²) >= 11 is 7.09. The molecule has 2 rings (SSSR count). The molecule has 0 heterocycles. The maximum Gasteiger partial charge on any atom is 0.261 e. The van der Waals surface area contributed by atoms with Gasteiger partial charge in [-0.3, -0.25) is 0 Å². The van der Waals surface area contributed by atoms with Gasteiger partial charge < -0.3 is 18.3 Å². The van der Waals surface area contributed by atoms with E-state index in [0.717, 1.165) is 22.7 Å². The molecule has 8 heteroatoms. The highest BCUT2D eigenvalue weighted by molar-refractivity contribution is 9.28. The van der Waals surface area contributed by atoms with E-state index in [1.54, 1.807) is 7.11 Å². The Hall–Kier alpha value is -0.846. The molecule has 0 amide bonds. The van der Waals surface area contributed by atoms with E-state index in [1.165, 1.54) is 15.9 Å². The Morgan fingerprint density at radius 1 is 0.844 bits per heavy atom. The van der Waals surface area contributed by atoms with Crippen LogP contribution in [0, 0.1) is 5.92 Å². The van der Waals surface area contributed by atoms with Gasteiger partial charge in [0.25, 0.3) is 8.32 Å². The first-order chi connectivity index (χ1) is 21.0. The monoisotopic (exact) mass is 780 g/mol. The third-order valence-electron chi connectivity index (χ3n) is 9.02. The Bertz CT molecular complexity index is 1160. The van der Waals surface area contributed by atoms with Crippen LogP contribution >= 0.6 is 31.9 Å². The van der Waals surface area contributed by atoms with Crippen LogP contribution in [0.2, 0.25) is 23.2 Å². The highest BCUT2D eigenvalue weighted by Crippen LogP contribution is 2.39. The van der Waals surface area contributed by atoms with Crippen LogP contribution in [0.5, 0.6) is 0 Å². The number of rotatable bonds is 17. The zero-order valence-corrected chi connectivity index (χ0v) is 34.8. The molecule has 0 fully saturated rings. The van der Waals surface area contributed by atoms with Gasteiger partial charge in [-0.05, 0) is 97.2 Å². The van der Waals surface area contributed by atoms with E-state index in [1.807, 2.05) is 0 Å². The topological polar surface area (TPSA) is 36.9 Å². The normalized spacial score (nSPS) is 15.4. The Labute approximate surface area is 293 Å². The van der Waals surface area contributed by atoms with Crippen molar-refractivity contribution in [2.45, 2.75) is 110 Å². The summed E-state index contributed by atoms with van der Waals surface area (Å²) in [6.45, 7) is 23.7. The van der Waals surface area contributed by atoms with Crippen molar-refractivity contribution in [3.8, 4) is 0 Å². The van der Waals surface area contributed by atoms with Crippen LogP contribution in [-0.4, -0.2) is 49.4 Å². The fourth-order valence-corrected chi connectivity index (χ4v) is 12.0. The van der Waals surface area contributed by atoms with Gasteiger partial charge in [-0.2, -0.15) is 0 Å². The van der Waals surface area contributed by atoms with E-state index in [9.17, 15) is 0 Å². The molecule has 45 heavy (non-hydrogen) atoms. The van der Waals surface area contributed by atoms with Crippen LogP contribution in [0.4, 0.5) is 0 Å². The summed E-state index contributed by atoms with van der Waals surface area (Å²) < 4.78 is 26.6. The molecule has 0 aromatic heterocycles. The number of allylic oxidation sites excluding steroid dienone is 1. The first kappa shape index (κ1) is 40.3. The summed E-state index contributed by atoms with van der Waals surface area (Å²) in [7, 11) is -2.89. The first-order valence-corrected chi connectivity index (χ1v) is 22.6. The van der Waals surface area contributed by atoms with Crippen LogP contribution in [-0.2, 0) is 18.3 Å². The molecule has 2 aromatic rings. The predicted molar refractivity (Wildman–Crippen MR) is 205 cm³/mol. The summed E-state index contributed by atoms with van der Waals surface area (Å²) in [4.78, 5) is 0. The van der Waals surface area contributed by atoms with Gasteiger partial charge in [0.1, 0.15) is 6.79 Å². The van der Waals surface area contributed by atoms with Crippen molar-refractivity contribution in [1.82, 2.24) is 0 Å². The lowest BCUT2D eigenvalue weighted by molar-refractivity contribution is -0.0715. The van der Waals surface area contributed by atoms with Gasteiger partial charge >= 0.3 is 0 Å². The van der Waals surface area contributed by atoms with Crippen molar-refractivity contribution in [1.29, 1.82) is 0 Å². The number of methoxy groups -OCH3 is 1. The maximum absolute atomic E-state index is 7.33. The second kappa shape index (κ2) is 18.1. The molecule has 0 spiro atoms. The first-order valence-electron chi connectivity index (χ1n) is 16.2. The third kappa shape index (κ3) is 11.7. The van der Waals surface area contributed by atoms with E-state index in [0.29, 0.717) is 6.61 Å². The molecular weight excluding hydrogens is 724 g/mol. The minimum atomic E-state index is -2.59. The Morgan fingerprint density at radius 2 is 1.38 bits per heavy atom. The summed E-state index contributed by atoms with van der Waals surface area (Å²) in [6, 6.07) is 21.8. The number of hydrogen-bond acceptors (Lipinski definition) is 4. The average Bonchev–Trinajstić information content (AvgIpc) is 2.95. The molecule has 0 saturated heterocycles. The number of benzene rings is 2. The summed E-state index contributed by atoms with van der Waals surface area (Å²) in [5.41, 5.74) is 1.17. The van der Waals surface area contributed by atoms with Crippen molar-refractivity contribution < 1.29 is 18.3 Å². The molecule has 0 bridgehead atoms. The Kier molecular flexibility index (Phi) is 16.2. The SMILES string of the molecule is COCO[C@@H](/C(=C/CCC[C@@H](C)O[Si](c1ccccc1)(c1ccccc1)C(C)(C)C)CO[Si](C)(C)C(C)(C)C)[C@@H](C)C=C(Br)Br. The minimum Gasteiger partial charge on any atom is -0.413 e. The molecule has 0 aliphatic carbocycles. The lowest BCUT2D eigenvalue weighted by atomic mass is 9.96. The zero-order valence-electron chi connectivity index (χ0n) is 29.6. The van der Waals surface area contributed by atoms with Crippen molar-refractivity contribution in [2.75, 3.05) is 20.5 Å². The third-order valence-corrected chi connectivity index (χ3v) is 19.2. The van der Waals surface area contributed by atoms with E-state index >= 15 is 0 Å². The van der Waals surface area contributed by atoms with E-state index in [4.69, 9.17) is 18.3 Å². The smallest absolute Gasteiger partial charge is 0.261 e. The van der Waals surface area contributed by atoms with Crippen LogP contribution in [0.25, 0.3) is 0 Å². The van der Waals surface area contributed by atoms with Gasteiger partial charge in [-0.15, -0.1) is 0 Å². The minimum absolute atomic E-state index is 0.0443. The molecule has 2 aromatic carbocycles. The number of hydrogen-bond donors (Lipinski definition) is 0. The van der Waals surface area contributed by atoms with Crippen LogP contribution in [0.3, 0.4) is 0 Å². The van der Waals surface area contributed by atoms with Gasteiger partial charge in [0.05, 0.1) is 16.1 Å². The zero-order chi connectivity index (χ0) is 33.9. The predicted octanol–water partition coefficient (Wildman–Crippen LogP) is 10.3. The van der Waals surface area contributed by atoms with Gasteiger partial charge in [-0.1, -0.05) is 121 Å². The van der Waals surface area contributed by atoms with Gasteiger partial charge in [0, 0.05) is 19.1 Å². The average molecular weight is 783 g/mol. The van der Waals surface area contributed by atoms with Crippen molar-refractivity contribution >= 4 is 58.9 Å². The van der Waals surface area contributed by atoms with E-state index in [2.05, 4.69) is 173 Å². The Balaban J connectivity index is 2.34. The number of halogens is 2. The largest absolute Gasteiger partial charge is 0.413 e. The molecule has 0 aliphatic rings. The molecule has 0 N–H and O–H groups in total. The second-order valence-electron chi connectivity index (χ2n) is 14.7. The molecule has 4 nitrogen and oxygen atoms in total. The molecule has 0 radical (unpaired) electrons. The fourth-order valence-electron chi connectivity index (χ4n) is 5.51. The van der Waals surface area contributed by atoms with Crippen molar-refractivity contribution in [3.05, 3.63) is 81.8 Å². The molecule has 252 valence electrons. The molecular formula is C37H58Br2O4Si2. The second-order valence-corrected chi connectivity index (χ2v) is 26.5. The highest BCUT2D eigenvalue weighted by Gasteiger charge is 2.50. The standard InChI is InChI=1S/C37H58Br2O4Si2/c1-29(26-34(38)39)35(41-28-40-9)31(27-42-44(10,11)36(3,4)5)21-19-18-20-30(2)43-45(37(6,7)8,32-22-14-12-15-23-32)33-24-16-13-17-25-33/h12-17,21-26,29-30,35H,18-20,27-28H2,1-11H3/b31-21+/t29-,30+,35+/m0/s1. The van der Waals surface area contributed by atoms with Gasteiger partial charge in [0.2, 0.25) is 0 Å². The van der Waals surface area contributed by atoms with Crippen molar-refractivity contribution in [3.63, 3.8) is 0 Å². The number of ether oxygens (including phenoxy) is 2. The summed E-state index contributed by atoms with van der Waals surface area (Å²) in [5.74, 6) is 0.112. The van der Waals surface area contributed by atoms with Crippen molar-refractivity contribution in [2.24, 2.45) is 5.92 Å². The molecule has 0 unspecified atom stereocenters. The lowest BCUT2D eigenvalue weighted by Crippen LogP contribution is -2.67. The van der Waals surface area contributed by atoms with Crippen LogP contribution in [0.15, 0.2) is 81.8 Å². The van der Waals surface area contributed by atoms with Gasteiger partial charge in [-0.25, -0.2) is 0 Å².